The minimum Gasteiger partial charge on any atom is -0.481 e. The summed E-state index contributed by atoms with van der Waals surface area (Å²) in [5, 5.41) is 10.2. The third-order valence-corrected chi connectivity index (χ3v) is 14.6. The van der Waals surface area contributed by atoms with Gasteiger partial charge in [0.1, 0.15) is 6.10 Å². The van der Waals surface area contributed by atoms with Gasteiger partial charge in [0, 0.05) is 25.6 Å². The average molecular weight is 598 g/mol. The molecule has 43 heavy (non-hydrogen) atoms. The molecule has 5 fully saturated rings. The third-order valence-electron chi connectivity index (χ3n) is 14.6. The first-order chi connectivity index (χ1) is 20.2. The first-order valence-electron chi connectivity index (χ1n) is 17.2. The first kappa shape index (κ1) is 31.3. The molecule has 0 aromatic heterocycles. The van der Waals surface area contributed by atoms with Crippen LogP contribution in [-0.2, 0) is 23.9 Å². The number of hydrogen-bond acceptors (Lipinski definition) is 6. The Morgan fingerprint density at radius 3 is 2.40 bits per heavy atom. The molecular formula is C36H55NO6. The standard InChI is InChI=1S/C36H55NO6/c1-23-24-7-11-36(6)30(34(24,4)10-8-28(23)43-29(39)9-16-37-17-19-42-20-18-37)27(38)21-25-26-22-33(3,31(40)41)13-12-32(26,2)14-15-35(25,36)5/h21,23-24,26,28,30H,7-20,22H2,1-6H3,(H,40,41)/t23-,24?,26+,28+,30?,32-,33+,34+,35-,36-/m1/s1. The maximum absolute atomic E-state index is 14.5. The number of ketones is 1. The van der Waals surface area contributed by atoms with Gasteiger partial charge < -0.3 is 14.6 Å². The number of esters is 1. The van der Waals surface area contributed by atoms with E-state index in [1.54, 1.807) is 0 Å². The van der Waals surface area contributed by atoms with E-state index in [1.807, 2.05) is 13.0 Å². The number of allylic oxidation sites excluding steroid dienone is 2. The number of carboxylic acids is 1. The molecular weight excluding hydrogens is 542 g/mol. The molecule has 2 unspecified atom stereocenters. The normalized spacial score (nSPS) is 48.2. The van der Waals surface area contributed by atoms with Crippen molar-refractivity contribution in [1.29, 1.82) is 0 Å². The van der Waals surface area contributed by atoms with Gasteiger partial charge in [-0.15, -0.1) is 0 Å². The zero-order valence-corrected chi connectivity index (χ0v) is 27.5. The Morgan fingerprint density at radius 2 is 1.70 bits per heavy atom. The van der Waals surface area contributed by atoms with E-state index in [4.69, 9.17) is 9.47 Å². The van der Waals surface area contributed by atoms with Gasteiger partial charge in [-0.25, -0.2) is 0 Å². The van der Waals surface area contributed by atoms with Crippen molar-refractivity contribution in [2.75, 3.05) is 32.8 Å². The fraction of sp³-hybridized carbons (Fsp3) is 0.861. The maximum Gasteiger partial charge on any atom is 0.309 e. The van der Waals surface area contributed by atoms with Crippen molar-refractivity contribution < 1.29 is 29.0 Å². The van der Waals surface area contributed by atoms with E-state index in [-0.39, 0.29) is 57.3 Å². The van der Waals surface area contributed by atoms with Crippen molar-refractivity contribution in [3.8, 4) is 0 Å². The molecule has 7 nitrogen and oxygen atoms in total. The van der Waals surface area contributed by atoms with Gasteiger partial charge in [-0.3, -0.25) is 19.3 Å². The van der Waals surface area contributed by atoms with E-state index in [0.717, 1.165) is 77.8 Å². The van der Waals surface area contributed by atoms with Crippen molar-refractivity contribution in [2.45, 2.75) is 112 Å². The molecule has 1 heterocycles. The lowest BCUT2D eigenvalue weighted by Crippen LogP contribution is -2.65. The summed E-state index contributed by atoms with van der Waals surface area (Å²) in [5.41, 5.74) is 0.152. The van der Waals surface area contributed by atoms with Crippen molar-refractivity contribution in [2.24, 2.45) is 50.7 Å². The molecule has 0 aromatic carbocycles. The van der Waals surface area contributed by atoms with E-state index in [1.165, 1.54) is 5.57 Å². The Morgan fingerprint density at radius 1 is 1.00 bits per heavy atom. The Kier molecular flexibility index (Phi) is 7.76. The molecule has 0 aromatic rings. The molecule has 1 aliphatic heterocycles. The van der Waals surface area contributed by atoms with Gasteiger partial charge in [-0.1, -0.05) is 40.2 Å². The van der Waals surface area contributed by atoms with Crippen LogP contribution < -0.4 is 0 Å². The monoisotopic (exact) mass is 597 g/mol. The van der Waals surface area contributed by atoms with E-state index < -0.39 is 11.4 Å². The highest BCUT2D eigenvalue weighted by Gasteiger charge is 2.69. The predicted octanol–water partition coefficient (Wildman–Crippen LogP) is 6.30. The van der Waals surface area contributed by atoms with Crippen molar-refractivity contribution in [3.05, 3.63) is 11.6 Å². The minimum atomic E-state index is -0.735. The van der Waals surface area contributed by atoms with Gasteiger partial charge in [-0.05, 0) is 110 Å². The molecule has 0 bridgehead atoms. The Bertz CT molecular complexity index is 1190. The molecule has 7 heteroatoms. The molecule has 1 N–H and O–H groups in total. The van der Waals surface area contributed by atoms with Crippen LogP contribution in [0, 0.1) is 50.7 Å². The van der Waals surface area contributed by atoms with E-state index in [9.17, 15) is 19.5 Å². The first-order valence-corrected chi connectivity index (χ1v) is 17.2. The molecule has 4 saturated carbocycles. The van der Waals surface area contributed by atoms with Gasteiger partial charge in [0.25, 0.3) is 0 Å². The Labute approximate surface area is 258 Å². The number of carbonyl (C=O) groups is 3. The number of morpholine rings is 1. The molecule has 1 saturated heterocycles. The second-order valence-corrected chi connectivity index (χ2v) is 16.7. The number of hydrogen-bond donors (Lipinski definition) is 1. The molecule has 5 aliphatic carbocycles. The second-order valence-electron chi connectivity index (χ2n) is 16.7. The number of carbonyl (C=O) groups excluding carboxylic acids is 2. The Balaban J connectivity index is 1.23. The lowest BCUT2D eigenvalue weighted by molar-refractivity contribution is -0.193. The lowest BCUT2D eigenvalue weighted by atomic mass is 9.34. The van der Waals surface area contributed by atoms with Crippen molar-refractivity contribution in [3.63, 3.8) is 0 Å². The number of fused-ring (bicyclic) bond motifs is 7. The molecule has 0 radical (unpaired) electrons. The number of ether oxygens (including phenoxy) is 2. The summed E-state index contributed by atoms with van der Waals surface area (Å²) in [6.07, 6.45) is 10.5. The predicted molar refractivity (Wildman–Crippen MR) is 164 cm³/mol. The highest BCUT2D eigenvalue weighted by atomic mass is 16.5. The quantitative estimate of drug-likeness (QED) is 0.372. The number of carboxylic acid groups (broad SMARTS) is 1. The average Bonchev–Trinajstić information content (AvgIpc) is 2.96. The van der Waals surface area contributed by atoms with Crippen LogP contribution in [0.4, 0.5) is 0 Å². The summed E-state index contributed by atoms with van der Waals surface area (Å²) in [4.78, 5) is 42.0. The minimum absolute atomic E-state index is 0.0586. The van der Waals surface area contributed by atoms with Gasteiger partial charge in [0.15, 0.2) is 5.78 Å². The molecule has 0 spiro atoms. The summed E-state index contributed by atoms with van der Waals surface area (Å²) in [7, 11) is 0. The van der Waals surface area contributed by atoms with E-state index in [2.05, 4.69) is 39.5 Å². The molecule has 240 valence electrons. The van der Waals surface area contributed by atoms with Crippen LogP contribution in [0.3, 0.4) is 0 Å². The van der Waals surface area contributed by atoms with Crippen LogP contribution in [0.25, 0.3) is 0 Å². The summed E-state index contributed by atoms with van der Waals surface area (Å²) >= 11 is 0. The van der Waals surface area contributed by atoms with Gasteiger partial charge >= 0.3 is 11.9 Å². The second kappa shape index (κ2) is 10.7. The van der Waals surface area contributed by atoms with Crippen LogP contribution in [0.1, 0.15) is 106 Å². The van der Waals surface area contributed by atoms with Crippen LogP contribution in [0.5, 0.6) is 0 Å². The summed E-state index contributed by atoms with van der Waals surface area (Å²) in [6, 6.07) is 0. The fourth-order valence-corrected chi connectivity index (χ4v) is 11.4. The Hall–Kier alpha value is -1.73. The van der Waals surface area contributed by atoms with Crippen LogP contribution in [0.15, 0.2) is 11.6 Å². The zero-order chi connectivity index (χ0) is 31.0. The lowest BCUT2D eigenvalue weighted by Gasteiger charge is -2.69. The topological polar surface area (TPSA) is 93.1 Å². The summed E-state index contributed by atoms with van der Waals surface area (Å²) < 4.78 is 11.6. The van der Waals surface area contributed by atoms with Crippen LogP contribution in [0.2, 0.25) is 0 Å². The maximum atomic E-state index is 14.5. The highest BCUT2D eigenvalue weighted by molar-refractivity contribution is 5.95. The summed E-state index contributed by atoms with van der Waals surface area (Å²) in [6.45, 7) is 17.6. The van der Waals surface area contributed by atoms with Gasteiger partial charge in [0.05, 0.1) is 25.0 Å². The van der Waals surface area contributed by atoms with E-state index in [0.29, 0.717) is 25.2 Å². The fourth-order valence-electron chi connectivity index (χ4n) is 11.4. The SMILES string of the molecule is C[C@@H]1C2CC[C@]3(C)C(C(=O)C=C4[C@@H]5C[C@@](C)(C(=O)O)CC[C@]5(C)CC[C@]43C)[C@@]2(C)CC[C@@H]1OC(=O)CCN1CCOCC1. The highest BCUT2D eigenvalue weighted by Crippen LogP contribution is 2.74. The van der Waals surface area contributed by atoms with Crippen LogP contribution >= 0.6 is 0 Å². The van der Waals surface area contributed by atoms with Crippen molar-refractivity contribution in [1.82, 2.24) is 4.90 Å². The largest absolute Gasteiger partial charge is 0.481 e. The molecule has 6 rings (SSSR count). The summed E-state index contributed by atoms with van der Waals surface area (Å²) in [5.74, 6) is 0.0825. The number of aliphatic carboxylic acids is 1. The zero-order valence-electron chi connectivity index (χ0n) is 27.5. The third kappa shape index (κ3) is 4.76. The van der Waals surface area contributed by atoms with E-state index >= 15 is 0 Å². The molecule has 0 amide bonds. The number of nitrogens with zero attached hydrogens (tertiary/aromatic N) is 1. The van der Waals surface area contributed by atoms with Crippen molar-refractivity contribution >= 4 is 17.7 Å². The van der Waals surface area contributed by atoms with Crippen LogP contribution in [-0.4, -0.2) is 66.7 Å². The van der Waals surface area contributed by atoms with Gasteiger partial charge in [0.2, 0.25) is 0 Å². The molecule has 10 atom stereocenters. The number of rotatable bonds is 5. The van der Waals surface area contributed by atoms with Gasteiger partial charge in [-0.2, -0.15) is 0 Å². The molecule has 6 aliphatic rings. The smallest absolute Gasteiger partial charge is 0.309 e.